The third-order valence-corrected chi connectivity index (χ3v) is 5.73. The molecule has 0 aromatic heterocycles. The molecule has 1 aromatic rings. The highest BCUT2D eigenvalue weighted by Gasteiger charge is 2.25. The zero-order valence-corrected chi connectivity index (χ0v) is 17.1. The molecule has 0 spiro atoms. The predicted octanol–water partition coefficient (Wildman–Crippen LogP) is 2.60. The van der Waals surface area contributed by atoms with Crippen LogP contribution >= 0.6 is 7.82 Å². The summed E-state index contributed by atoms with van der Waals surface area (Å²) in [4.78, 5) is 11.8. The van der Waals surface area contributed by atoms with Crippen LogP contribution < -0.4 is 9.63 Å². The van der Waals surface area contributed by atoms with Crippen LogP contribution in [0.3, 0.4) is 0 Å². The third-order valence-electron chi connectivity index (χ3n) is 4.73. The smallest absolute Gasteiger partial charge is 0.268 e. The number of rotatable bonds is 13. The van der Waals surface area contributed by atoms with E-state index in [0.29, 0.717) is 32.8 Å². The van der Waals surface area contributed by atoms with Gasteiger partial charge in [0.15, 0.2) is 0 Å². The van der Waals surface area contributed by atoms with Crippen LogP contribution in [-0.4, -0.2) is 64.2 Å². The highest BCUT2D eigenvalue weighted by Crippen LogP contribution is 2.38. The summed E-state index contributed by atoms with van der Waals surface area (Å²) >= 11 is 0. The van der Waals surface area contributed by atoms with Crippen molar-refractivity contribution < 1.29 is 32.5 Å². The Bertz CT molecular complexity index is 565. The summed E-state index contributed by atoms with van der Waals surface area (Å²) in [6, 6.07) is 9.70. The summed E-state index contributed by atoms with van der Waals surface area (Å²) in [7, 11) is -2.12. The number of likely N-dealkylation sites (N-methyl/N-ethyl adjacent to an activating group) is 1. The number of phosphoric acid groups is 1. The molecule has 1 fully saturated rings. The maximum absolute atomic E-state index is 11.8. The Morgan fingerprint density at radius 1 is 1.00 bits per heavy atom. The number of unbranched alkanes of at least 4 members (excludes halogenated alkanes) is 3. The molecule has 2 rings (SSSR count). The molecule has 0 bridgehead atoms. The molecule has 8 heteroatoms. The van der Waals surface area contributed by atoms with Gasteiger partial charge in [0, 0.05) is 0 Å². The maximum atomic E-state index is 11.8. The quantitative estimate of drug-likeness (QED) is 0.287. The lowest BCUT2D eigenvalue weighted by Crippen LogP contribution is -2.53. The number of hydrogen-bond acceptors (Lipinski definition) is 6. The molecule has 1 aromatic carbocycles. The molecule has 0 N–H and O–H groups in total. The number of ether oxygens (including phenoxy) is 2. The van der Waals surface area contributed by atoms with Gasteiger partial charge in [-0.1, -0.05) is 24.6 Å². The Hall–Kier alpha value is -0.950. The van der Waals surface area contributed by atoms with Crippen LogP contribution in [0.15, 0.2) is 30.3 Å². The molecule has 7 nitrogen and oxygen atoms in total. The van der Waals surface area contributed by atoms with Gasteiger partial charge < -0.3 is 27.9 Å². The van der Waals surface area contributed by atoms with E-state index in [0.717, 1.165) is 42.6 Å². The number of morpholine rings is 1. The lowest BCUT2D eigenvalue weighted by atomic mass is 10.2. The summed E-state index contributed by atoms with van der Waals surface area (Å²) in [5, 5.41) is 0. The maximum Gasteiger partial charge on any atom is 0.268 e. The van der Waals surface area contributed by atoms with Gasteiger partial charge in [-0.15, -0.1) is 0 Å². The minimum atomic E-state index is -4.21. The van der Waals surface area contributed by atoms with Gasteiger partial charge in [0.1, 0.15) is 32.0 Å². The summed E-state index contributed by atoms with van der Waals surface area (Å²) in [5.74, 6) is 0.874. The van der Waals surface area contributed by atoms with Crippen molar-refractivity contribution in [2.24, 2.45) is 0 Å². The monoisotopic (exact) mass is 401 g/mol. The van der Waals surface area contributed by atoms with E-state index in [4.69, 9.17) is 18.5 Å². The van der Waals surface area contributed by atoms with Crippen molar-refractivity contribution in [2.75, 3.05) is 59.7 Å². The lowest BCUT2D eigenvalue weighted by Gasteiger charge is -2.37. The number of benzene rings is 1. The molecule has 1 unspecified atom stereocenters. The summed E-state index contributed by atoms with van der Waals surface area (Å²) in [6.07, 6.45) is 3.48. The topological polar surface area (TPSA) is 77.1 Å². The summed E-state index contributed by atoms with van der Waals surface area (Å²) in [6.45, 7) is 4.78. The van der Waals surface area contributed by atoms with Gasteiger partial charge in [-0.2, -0.15) is 0 Å². The Kier molecular flexibility index (Phi) is 9.76. The molecule has 1 atom stereocenters. The van der Waals surface area contributed by atoms with E-state index in [-0.39, 0.29) is 13.2 Å². The van der Waals surface area contributed by atoms with Crippen molar-refractivity contribution in [2.45, 2.75) is 25.7 Å². The largest absolute Gasteiger partial charge is 0.756 e. The molecule has 0 aliphatic carbocycles. The standard InChI is InChI=1S/C19H32NO6P/c1-20(11-16-23-17-12-20)13-18-26-27(21,22)25-15-8-3-2-7-14-24-19-9-5-4-6-10-19/h4-6,9-10H,2-3,7-8,11-18H2,1H3. The number of phosphoric ester groups is 1. The van der Waals surface area contributed by atoms with Crippen molar-refractivity contribution >= 4 is 7.82 Å². The van der Waals surface area contributed by atoms with Gasteiger partial charge in [-0.05, 0) is 31.4 Å². The zero-order chi connectivity index (χ0) is 19.4. The summed E-state index contributed by atoms with van der Waals surface area (Å²) < 4.78 is 33.4. The van der Waals surface area contributed by atoms with Gasteiger partial charge in [-0.25, -0.2) is 0 Å². The minimum absolute atomic E-state index is 0.147. The molecule has 1 aliphatic heterocycles. The van der Waals surface area contributed by atoms with Gasteiger partial charge in [-0.3, -0.25) is 4.57 Å². The van der Waals surface area contributed by atoms with Crippen molar-refractivity contribution in [3.63, 3.8) is 0 Å². The van der Waals surface area contributed by atoms with Crippen molar-refractivity contribution in [1.29, 1.82) is 0 Å². The third kappa shape index (κ3) is 9.70. The first-order chi connectivity index (χ1) is 13.0. The number of hydrogen-bond donors (Lipinski definition) is 0. The van der Waals surface area contributed by atoms with Crippen LogP contribution in [-0.2, 0) is 18.3 Å². The second kappa shape index (κ2) is 11.8. The van der Waals surface area contributed by atoms with Crippen LogP contribution in [0.1, 0.15) is 25.7 Å². The van der Waals surface area contributed by atoms with Crippen LogP contribution in [0, 0.1) is 0 Å². The Balaban J connectivity index is 1.46. The molecule has 0 amide bonds. The van der Waals surface area contributed by atoms with Crippen LogP contribution in [0.2, 0.25) is 0 Å². The Morgan fingerprint density at radius 3 is 2.33 bits per heavy atom. The molecular formula is C19H32NO6P. The Labute approximate surface area is 162 Å². The number of quaternary nitrogens is 1. The van der Waals surface area contributed by atoms with Gasteiger partial charge in [0.2, 0.25) is 0 Å². The van der Waals surface area contributed by atoms with Gasteiger partial charge in [0.05, 0.1) is 33.5 Å². The van der Waals surface area contributed by atoms with E-state index in [1.165, 1.54) is 0 Å². The van der Waals surface area contributed by atoms with Gasteiger partial charge in [0.25, 0.3) is 7.82 Å². The van der Waals surface area contributed by atoms with E-state index < -0.39 is 7.82 Å². The lowest BCUT2D eigenvalue weighted by molar-refractivity contribution is -0.916. The number of para-hydroxylation sites is 1. The van der Waals surface area contributed by atoms with Crippen LogP contribution in [0.4, 0.5) is 0 Å². The average Bonchev–Trinajstić information content (AvgIpc) is 2.65. The first kappa shape index (κ1) is 22.3. The van der Waals surface area contributed by atoms with E-state index in [1.54, 1.807) is 0 Å². The molecular weight excluding hydrogens is 369 g/mol. The van der Waals surface area contributed by atoms with E-state index >= 15 is 0 Å². The second-order valence-electron chi connectivity index (χ2n) is 7.09. The molecule has 0 saturated carbocycles. The summed E-state index contributed by atoms with van der Waals surface area (Å²) in [5.41, 5.74) is 0. The molecule has 0 radical (unpaired) electrons. The van der Waals surface area contributed by atoms with Gasteiger partial charge >= 0.3 is 0 Å². The number of nitrogens with zero attached hydrogens (tertiary/aromatic N) is 1. The van der Waals surface area contributed by atoms with E-state index in [2.05, 4.69) is 7.05 Å². The molecule has 27 heavy (non-hydrogen) atoms. The SMILES string of the molecule is C[N+]1(CCOP(=O)([O-])OCCCCCCOc2ccccc2)CCOCC1. The van der Waals surface area contributed by atoms with Crippen LogP contribution in [0.5, 0.6) is 5.75 Å². The molecule has 154 valence electrons. The minimum Gasteiger partial charge on any atom is -0.756 e. The van der Waals surface area contributed by atoms with E-state index in [9.17, 15) is 9.46 Å². The Morgan fingerprint density at radius 2 is 1.63 bits per heavy atom. The molecule has 1 heterocycles. The average molecular weight is 401 g/mol. The first-order valence-corrected chi connectivity index (χ1v) is 11.1. The van der Waals surface area contributed by atoms with Crippen molar-refractivity contribution in [3.8, 4) is 5.75 Å². The fourth-order valence-corrected chi connectivity index (χ4v) is 3.59. The highest BCUT2D eigenvalue weighted by molar-refractivity contribution is 7.45. The second-order valence-corrected chi connectivity index (χ2v) is 8.50. The van der Waals surface area contributed by atoms with Crippen molar-refractivity contribution in [3.05, 3.63) is 30.3 Å². The fraction of sp³-hybridized carbons (Fsp3) is 0.684. The van der Waals surface area contributed by atoms with Crippen molar-refractivity contribution in [1.82, 2.24) is 0 Å². The predicted molar refractivity (Wildman–Crippen MR) is 102 cm³/mol. The zero-order valence-electron chi connectivity index (χ0n) is 16.2. The fourth-order valence-electron chi connectivity index (χ4n) is 2.86. The van der Waals surface area contributed by atoms with E-state index in [1.807, 2.05) is 30.3 Å². The first-order valence-electron chi connectivity index (χ1n) is 9.68. The van der Waals surface area contributed by atoms with Crippen LogP contribution in [0.25, 0.3) is 0 Å². The highest BCUT2D eigenvalue weighted by atomic mass is 31.2. The molecule has 1 saturated heterocycles. The molecule has 1 aliphatic rings. The normalized spacial score (nSPS) is 18.7.